The van der Waals surface area contributed by atoms with Gasteiger partial charge in [-0.05, 0) is 25.5 Å². The average molecular weight is 250 g/mol. The number of carbonyl (C=O) groups is 1. The van der Waals surface area contributed by atoms with E-state index in [0.29, 0.717) is 6.54 Å². The van der Waals surface area contributed by atoms with Crippen LogP contribution in [-0.4, -0.2) is 38.6 Å². The highest BCUT2D eigenvalue weighted by atomic mass is 16.5. The van der Waals surface area contributed by atoms with Crippen LogP contribution in [-0.2, 0) is 4.79 Å². The smallest absolute Gasteiger partial charge is 0.229 e. The molecule has 4 nitrogen and oxygen atoms in total. The minimum Gasteiger partial charge on any atom is -0.496 e. The van der Waals surface area contributed by atoms with Gasteiger partial charge in [-0.2, -0.15) is 0 Å². The van der Waals surface area contributed by atoms with Crippen molar-refractivity contribution in [1.82, 2.24) is 4.90 Å². The Morgan fingerprint density at radius 1 is 1.39 bits per heavy atom. The number of carbonyl (C=O) groups excluding carboxylic acids is 1. The van der Waals surface area contributed by atoms with Crippen LogP contribution in [0.4, 0.5) is 0 Å². The number of benzene rings is 1. The van der Waals surface area contributed by atoms with Gasteiger partial charge >= 0.3 is 0 Å². The van der Waals surface area contributed by atoms with Crippen LogP contribution in [0.3, 0.4) is 0 Å². The molecule has 1 unspecified atom stereocenters. The second-order valence-corrected chi connectivity index (χ2v) is 4.46. The highest BCUT2D eigenvalue weighted by molar-refractivity contribution is 5.84. The number of ether oxygens (including phenoxy) is 1. The first kappa shape index (κ1) is 14.5. The van der Waals surface area contributed by atoms with Crippen LogP contribution in [0.2, 0.25) is 0 Å². The largest absolute Gasteiger partial charge is 0.496 e. The fourth-order valence-electron chi connectivity index (χ4n) is 2.00. The minimum atomic E-state index is -0.181. The summed E-state index contributed by atoms with van der Waals surface area (Å²) in [4.78, 5) is 13.9. The van der Waals surface area contributed by atoms with E-state index in [0.717, 1.165) is 24.2 Å². The molecule has 0 spiro atoms. The molecule has 0 heterocycles. The van der Waals surface area contributed by atoms with Crippen LogP contribution in [0, 0.1) is 0 Å². The molecule has 0 aromatic heterocycles. The van der Waals surface area contributed by atoms with Gasteiger partial charge in [0.1, 0.15) is 5.75 Å². The van der Waals surface area contributed by atoms with Crippen molar-refractivity contribution < 1.29 is 9.53 Å². The molecule has 1 rings (SSSR count). The fourth-order valence-corrected chi connectivity index (χ4v) is 2.00. The summed E-state index contributed by atoms with van der Waals surface area (Å²) in [5.74, 6) is 0.669. The van der Waals surface area contributed by atoms with E-state index in [4.69, 9.17) is 10.5 Å². The standard InChI is InChI=1S/C14H22N2O2/c1-16(2)14(17)12(8-6-10-15)11-7-4-5-9-13(11)18-3/h4-5,7,9,12H,6,8,10,15H2,1-3H3. The molecule has 1 aromatic rings. The maximum absolute atomic E-state index is 12.2. The van der Waals surface area contributed by atoms with Gasteiger partial charge in [-0.15, -0.1) is 0 Å². The molecular formula is C14H22N2O2. The van der Waals surface area contributed by atoms with Gasteiger partial charge < -0.3 is 15.4 Å². The third-order valence-corrected chi connectivity index (χ3v) is 2.95. The molecule has 100 valence electrons. The SMILES string of the molecule is COc1ccccc1C(CCCN)C(=O)N(C)C. The summed E-state index contributed by atoms with van der Waals surface area (Å²) in [6, 6.07) is 7.66. The third kappa shape index (κ3) is 3.47. The van der Waals surface area contributed by atoms with Crippen molar-refractivity contribution >= 4 is 5.91 Å². The molecule has 0 fully saturated rings. The molecule has 4 heteroatoms. The van der Waals surface area contributed by atoms with Gasteiger partial charge in [0.15, 0.2) is 0 Å². The van der Waals surface area contributed by atoms with Gasteiger partial charge in [-0.1, -0.05) is 18.2 Å². The highest BCUT2D eigenvalue weighted by Gasteiger charge is 2.24. The van der Waals surface area contributed by atoms with E-state index in [1.54, 1.807) is 26.1 Å². The van der Waals surface area contributed by atoms with Crippen LogP contribution in [0.5, 0.6) is 5.75 Å². The van der Waals surface area contributed by atoms with E-state index in [1.165, 1.54) is 0 Å². The predicted octanol–water partition coefficient (Wildman–Crippen LogP) is 1.61. The summed E-state index contributed by atoms with van der Waals surface area (Å²) < 4.78 is 5.33. The Labute approximate surface area is 109 Å². The Bertz CT molecular complexity index is 391. The summed E-state index contributed by atoms with van der Waals surface area (Å²) in [6.07, 6.45) is 1.57. The van der Waals surface area contributed by atoms with Crippen molar-refractivity contribution in [3.05, 3.63) is 29.8 Å². The van der Waals surface area contributed by atoms with E-state index in [2.05, 4.69) is 0 Å². The van der Waals surface area contributed by atoms with Crippen molar-refractivity contribution in [2.75, 3.05) is 27.7 Å². The minimum absolute atomic E-state index is 0.0907. The number of hydrogen-bond donors (Lipinski definition) is 1. The Hall–Kier alpha value is -1.55. The van der Waals surface area contributed by atoms with Gasteiger partial charge in [0.25, 0.3) is 0 Å². The monoisotopic (exact) mass is 250 g/mol. The molecule has 0 bridgehead atoms. The summed E-state index contributed by atoms with van der Waals surface area (Å²) in [5, 5.41) is 0. The lowest BCUT2D eigenvalue weighted by molar-refractivity contribution is -0.130. The normalized spacial score (nSPS) is 12.0. The van der Waals surface area contributed by atoms with E-state index >= 15 is 0 Å². The number of amides is 1. The van der Waals surface area contributed by atoms with Crippen LogP contribution in [0.15, 0.2) is 24.3 Å². The Balaban J connectivity index is 3.04. The molecule has 0 aliphatic carbocycles. The van der Waals surface area contributed by atoms with Gasteiger partial charge in [-0.25, -0.2) is 0 Å². The van der Waals surface area contributed by atoms with Crippen molar-refractivity contribution in [2.45, 2.75) is 18.8 Å². The van der Waals surface area contributed by atoms with E-state index < -0.39 is 0 Å². The molecule has 0 radical (unpaired) electrons. The van der Waals surface area contributed by atoms with Gasteiger partial charge in [-0.3, -0.25) is 4.79 Å². The topological polar surface area (TPSA) is 55.6 Å². The number of rotatable bonds is 6. The Morgan fingerprint density at radius 2 is 2.06 bits per heavy atom. The van der Waals surface area contributed by atoms with Crippen molar-refractivity contribution in [1.29, 1.82) is 0 Å². The van der Waals surface area contributed by atoms with Gasteiger partial charge in [0.2, 0.25) is 5.91 Å². The second-order valence-electron chi connectivity index (χ2n) is 4.46. The number of nitrogens with zero attached hydrogens (tertiary/aromatic N) is 1. The molecule has 0 saturated carbocycles. The van der Waals surface area contributed by atoms with Gasteiger partial charge in [0, 0.05) is 19.7 Å². The summed E-state index contributed by atoms with van der Waals surface area (Å²) in [6.45, 7) is 0.590. The molecular weight excluding hydrogens is 228 g/mol. The summed E-state index contributed by atoms with van der Waals surface area (Å²) in [7, 11) is 5.17. The van der Waals surface area contributed by atoms with Crippen LogP contribution < -0.4 is 10.5 Å². The van der Waals surface area contributed by atoms with E-state index in [9.17, 15) is 4.79 Å². The number of nitrogens with two attached hydrogens (primary N) is 1. The van der Waals surface area contributed by atoms with Crippen molar-refractivity contribution in [3.63, 3.8) is 0 Å². The number of likely N-dealkylation sites (N-methyl/N-ethyl adjacent to an activating group) is 1. The summed E-state index contributed by atoms with van der Waals surface area (Å²) >= 11 is 0. The zero-order chi connectivity index (χ0) is 13.5. The number of hydrogen-bond acceptors (Lipinski definition) is 3. The third-order valence-electron chi connectivity index (χ3n) is 2.95. The molecule has 18 heavy (non-hydrogen) atoms. The molecule has 2 N–H and O–H groups in total. The maximum Gasteiger partial charge on any atom is 0.229 e. The first-order valence-corrected chi connectivity index (χ1v) is 6.16. The Morgan fingerprint density at radius 3 is 2.61 bits per heavy atom. The lowest BCUT2D eigenvalue weighted by Gasteiger charge is -2.22. The molecule has 1 aromatic carbocycles. The lowest BCUT2D eigenvalue weighted by Crippen LogP contribution is -2.29. The average Bonchev–Trinajstić information content (AvgIpc) is 2.39. The maximum atomic E-state index is 12.2. The van der Waals surface area contributed by atoms with Crippen LogP contribution >= 0.6 is 0 Å². The fraction of sp³-hybridized carbons (Fsp3) is 0.500. The number of para-hydroxylation sites is 1. The summed E-state index contributed by atoms with van der Waals surface area (Å²) in [5.41, 5.74) is 6.48. The molecule has 1 amide bonds. The zero-order valence-electron chi connectivity index (χ0n) is 11.3. The van der Waals surface area contributed by atoms with Crippen molar-refractivity contribution in [2.24, 2.45) is 5.73 Å². The zero-order valence-corrected chi connectivity index (χ0v) is 11.3. The van der Waals surface area contributed by atoms with Gasteiger partial charge in [0.05, 0.1) is 13.0 Å². The molecule has 1 atom stereocenters. The molecule has 0 saturated heterocycles. The second kappa shape index (κ2) is 7.01. The quantitative estimate of drug-likeness (QED) is 0.834. The predicted molar refractivity (Wildman–Crippen MR) is 72.7 cm³/mol. The van der Waals surface area contributed by atoms with Crippen LogP contribution in [0.1, 0.15) is 24.3 Å². The lowest BCUT2D eigenvalue weighted by atomic mass is 9.92. The first-order chi connectivity index (χ1) is 8.61. The highest BCUT2D eigenvalue weighted by Crippen LogP contribution is 2.30. The van der Waals surface area contributed by atoms with Crippen LogP contribution in [0.25, 0.3) is 0 Å². The van der Waals surface area contributed by atoms with E-state index in [1.807, 2.05) is 24.3 Å². The molecule has 0 aliphatic rings. The molecule has 0 aliphatic heterocycles. The first-order valence-electron chi connectivity index (χ1n) is 6.16. The number of methoxy groups -OCH3 is 1. The van der Waals surface area contributed by atoms with Crippen molar-refractivity contribution in [3.8, 4) is 5.75 Å². The Kier molecular flexibility index (Phi) is 5.65. The van der Waals surface area contributed by atoms with E-state index in [-0.39, 0.29) is 11.8 Å².